The number of nitrogens with one attached hydrogen (secondary N) is 2. The molecule has 1 aliphatic heterocycles. The number of urea groups is 1. The Bertz CT molecular complexity index is 874. The maximum Gasteiger partial charge on any atom is 0.319 e. The highest BCUT2D eigenvalue weighted by atomic mass is 19.1. The third-order valence-corrected chi connectivity index (χ3v) is 8.74. The van der Waals surface area contributed by atoms with Gasteiger partial charge in [-0.05, 0) is 79.9 Å². The van der Waals surface area contributed by atoms with Crippen molar-refractivity contribution in [3.05, 3.63) is 30.1 Å². The molecule has 0 aromatic heterocycles. The third-order valence-electron chi connectivity index (χ3n) is 8.74. The first-order chi connectivity index (χ1) is 15.7. The van der Waals surface area contributed by atoms with Gasteiger partial charge in [-0.15, -0.1) is 0 Å². The molecule has 0 spiro atoms. The zero-order chi connectivity index (χ0) is 23.8. The molecule has 7 atom stereocenters. The molecule has 2 aliphatic carbocycles. The number of aliphatic hydroxyl groups is 1. The lowest BCUT2D eigenvalue weighted by molar-refractivity contribution is -0.149. The van der Waals surface area contributed by atoms with Crippen LogP contribution in [-0.4, -0.2) is 47.2 Å². The lowest BCUT2D eigenvalue weighted by Gasteiger charge is -2.56. The number of benzene rings is 1. The highest BCUT2D eigenvalue weighted by molar-refractivity contribution is 5.89. The molecule has 3 fully saturated rings. The van der Waals surface area contributed by atoms with Gasteiger partial charge in [0.15, 0.2) is 0 Å². The van der Waals surface area contributed by atoms with Crippen LogP contribution in [0, 0.1) is 34.9 Å². The fourth-order valence-corrected chi connectivity index (χ4v) is 6.81. The van der Waals surface area contributed by atoms with E-state index in [-0.39, 0.29) is 47.1 Å². The van der Waals surface area contributed by atoms with Gasteiger partial charge in [-0.3, -0.25) is 4.79 Å². The van der Waals surface area contributed by atoms with Crippen LogP contribution in [0.25, 0.3) is 0 Å². The van der Waals surface area contributed by atoms with Gasteiger partial charge in [0, 0.05) is 30.7 Å². The van der Waals surface area contributed by atoms with Crippen molar-refractivity contribution in [1.82, 2.24) is 10.2 Å². The number of carbonyl (C=O) groups is 2. The molecule has 7 heteroatoms. The zero-order valence-corrected chi connectivity index (χ0v) is 20.0. The molecule has 0 radical (unpaired) electrons. The van der Waals surface area contributed by atoms with E-state index in [0.29, 0.717) is 5.69 Å². The molecule has 6 nitrogen and oxygen atoms in total. The van der Waals surface area contributed by atoms with Crippen molar-refractivity contribution in [2.75, 3.05) is 18.4 Å². The largest absolute Gasteiger partial charge is 0.392 e. The number of carbonyl (C=O) groups excluding carboxylic acids is 2. The summed E-state index contributed by atoms with van der Waals surface area (Å²) in [5.41, 5.74) is 0.413. The van der Waals surface area contributed by atoms with E-state index in [1.165, 1.54) is 12.1 Å². The normalized spacial score (nSPS) is 34.9. The molecule has 33 heavy (non-hydrogen) atoms. The summed E-state index contributed by atoms with van der Waals surface area (Å²) in [4.78, 5) is 27.6. The van der Waals surface area contributed by atoms with Crippen LogP contribution in [-0.2, 0) is 4.79 Å². The molecule has 4 rings (SSSR count). The van der Waals surface area contributed by atoms with Gasteiger partial charge in [-0.1, -0.05) is 26.8 Å². The van der Waals surface area contributed by atoms with Gasteiger partial charge in [0.2, 0.25) is 5.91 Å². The summed E-state index contributed by atoms with van der Waals surface area (Å²) in [6, 6.07) is 5.38. The number of anilines is 1. The van der Waals surface area contributed by atoms with Crippen LogP contribution < -0.4 is 10.6 Å². The highest BCUT2D eigenvalue weighted by Gasteiger charge is 2.54. The fourth-order valence-electron chi connectivity index (χ4n) is 6.81. The molecule has 1 aromatic rings. The summed E-state index contributed by atoms with van der Waals surface area (Å²) >= 11 is 0. The number of halogens is 1. The topological polar surface area (TPSA) is 81.7 Å². The molecule has 0 bridgehead atoms. The van der Waals surface area contributed by atoms with Crippen LogP contribution in [0.1, 0.15) is 59.3 Å². The third kappa shape index (κ3) is 4.88. The molecule has 0 unspecified atom stereocenters. The average Bonchev–Trinajstić information content (AvgIpc) is 3.30. The van der Waals surface area contributed by atoms with E-state index in [1.54, 1.807) is 12.1 Å². The summed E-state index contributed by atoms with van der Waals surface area (Å²) in [7, 11) is 0. The summed E-state index contributed by atoms with van der Waals surface area (Å²) in [5, 5.41) is 17.3. The van der Waals surface area contributed by atoms with Gasteiger partial charge < -0.3 is 20.6 Å². The zero-order valence-electron chi connectivity index (χ0n) is 20.0. The molecule has 1 heterocycles. The monoisotopic (exact) mass is 459 g/mol. The van der Waals surface area contributed by atoms with Gasteiger partial charge in [-0.2, -0.15) is 0 Å². The Balaban J connectivity index is 1.43. The number of fused-ring (bicyclic) bond motifs is 1. The van der Waals surface area contributed by atoms with Crippen LogP contribution in [0.4, 0.5) is 14.9 Å². The number of hydrogen-bond donors (Lipinski definition) is 3. The van der Waals surface area contributed by atoms with E-state index in [4.69, 9.17) is 0 Å². The Kier molecular flexibility index (Phi) is 6.99. The molecule has 2 saturated carbocycles. The van der Waals surface area contributed by atoms with E-state index >= 15 is 0 Å². The van der Waals surface area contributed by atoms with Crippen LogP contribution >= 0.6 is 0 Å². The second-order valence-electron chi connectivity index (χ2n) is 10.8. The van der Waals surface area contributed by atoms with E-state index in [9.17, 15) is 19.1 Å². The van der Waals surface area contributed by atoms with Crippen molar-refractivity contribution in [3.63, 3.8) is 0 Å². The smallest absolute Gasteiger partial charge is 0.319 e. The molecular formula is C26H38FN3O3. The summed E-state index contributed by atoms with van der Waals surface area (Å²) in [5.74, 6) is -0.401. The van der Waals surface area contributed by atoms with Crippen molar-refractivity contribution < 1.29 is 19.1 Å². The predicted molar refractivity (Wildman–Crippen MR) is 126 cm³/mol. The molecule has 3 aliphatic rings. The highest BCUT2D eigenvalue weighted by Crippen LogP contribution is 2.55. The first-order valence-corrected chi connectivity index (χ1v) is 12.5. The van der Waals surface area contributed by atoms with Crippen molar-refractivity contribution in [2.24, 2.45) is 29.1 Å². The van der Waals surface area contributed by atoms with Crippen LogP contribution in [0.15, 0.2) is 24.3 Å². The molecular weight excluding hydrogens is 421 g/mol. The summed E-state index contributed by atoms with van der Waals surface area (Å²) in [6.07, 6.45) is 5.16. The lowest BCUT2D eigenvalue weighted by Crippen LogP contribution is -2.59. The minimum absolute atomic E-state index is 0.00294. The quantitative estimate of drug-likeness (QED) is 0.624. The molecule has 182 valence electrons. The van der Waals surface area contributed by atoms with Crippen LogP contribution in [0.5, 0.6) is 0 Å². The van der Waals surface area contributed by atoms with Crippen molar-refractivity contribution in [1.29, 1.82) is 0 Å². The average molecular weight is 460 g/mol. The molecule has 1 saturated heterocycles. The Hall–Kier alpha value is -2.15. The molecule has 3 amide bonds. The van der Waals surface area contributed by atoms with Gasteiger partial charge in [0.05, 0.1) is 6.10 Å². The van der Waals surface area contributed by atoms with Crippen molar-refractivity contribution >= 4 is 17.6 Å². The Morgan fingerprint density at radius 3 is 2.61 bits per heavy atom. The Morgan fingerprint density at radius 2 is 1.91 bits per heavy atom. The number of aliphatic hydroxyl groups excluding tert-OH is 1. The van der Waals surface area contributed by atoms with E-state index < -0.39 is 11.9 Å². The SMILES string of the molecule is C[C@H]1[C@@H]2[C@@H](O)[C@H]([C@H](C)C(=O)N3CCCC3)CC[C@@]2(C)CC[C@@H]1NC(=O)Nc1cccc(F)c1. The maximum absolute atomic E-state index is 13.4. The minimum Gasteiger partial charge on any atom is -0.392 e. The van der Waals surface area contributed by atoms with Gasteiger partial charge in [0.1, 0.15) is 5.82 Å². The van der Waals surface area contributed by atoms with Crippen molar-refractivity contribution in [3.8, 4) is 0 Å². The first kappa shape index (κ1) is 24.0. The van der Waals surface area contributed by atoms with Crippen molar-refractivity contribution in [2.45, 2.75) is 71.4 Å². The Morgan fingerprint density at radius 1 is 1.21 bits per heavy atom. The second-order valence-corrected chi connectivity index (χ2v) is 10.8. The van der Waals surface area contributed by atoms with Gasteiger partial charge in [-0.25, -0.2) is 9.18 Å². The van der Waals surface area contributed by atoms with E-state index in [2.05, 4.69) is 24.5 Å². The maximum atomic E-state index is 13.4. The predicted octanol–water partition coefficient (Wildman–Crippen LogP) is 4.40. The number of rotatable bonds is 4. The van der Waals surface area contributed by atoms with Gasteiger partial charge >= 0.3 is 6.03 Å². The summed E-state index contributed by atoms with van der Waals surface area (Å²) < 4.78 is 13.4. The van der Waals surface area contributed by atoms with Crippen LogP contribution in [0.3, 0.4) is 0 Å². The fraction of sp³-hybridized carbons (Fsp3) is 0.692. The molecule has 3 N–H and O–H groups in total. The van der Waals surface area contributed by atoms with Gasteiger partial charge in [0.25, 0.3) is 0 Å². The van der Waals surface area contributed by atoms with E-state index in [0.717, 1.165) is 51.6 Å². The molecule has 1 aromatic carbocycles. The number of hydrogen-bond acceptors (Lipinski definition) is 3. The van der Waals surface area contributed by atoms with E-state index in [1.807, 2.05) is 11.8 Å². The second kappa shape index (κ2) is 9.61. The van der Waals surface area contributed by atoms with Crippen LogP contribution in [0.2, 0.25) is 0 Å². The number of amides is 3. The lowest BCUT2D eigenvalue weighted by atomic mass is 9.51. The first-order valence-electron chi connectivity index (χ1n) is 12.5. The minimum atomic E-state index is -0.573. The summed E-state index contributed by atoms with van der Waals surface area (Å²) in [6.45, 7) is 8.00. The standard InChI is InChI=1S/C26H38FN3O3/c1-16(24(32)30-13-4-5-14-30)20-9-11-26(3)12-10-21(17(2)22(26)23(20)31)29-25(33)28-19-8-6-7-18(27)15-19/h6-8,15-17,20-23,31H,4-5,9-14H2,1-3H3,(H2,28,29,33)/t16-,17+,20-,21-,22+,23-,26-/m0/s1. The number of nitrogens with zero attached hydrogens (tertiary/aromatic N) is 1. The number of likely N-dealkylation sites (tertiary alicyclic amines) is 1. The Labute approximate surface area is 196 Å².